The molecule has 0 bridgehead atoms. The minimum Gasteiger partial charge on any atom is -0.493 e. The summed E-state index contributed by atoms with van der Waals surface area (Å²) in [6.07, 6.45) is 0. The third-order valence-corrected chi connectivity index (χ3v) is 4.27. The van der Waals surface area contributed by atoms with Crippen LogP contribution in [0.1, 0.15) is 15.9 Å². The van der Waals surface area contributed by atoms with Gasteiger partial charge in [0.05, 0.1) is 42.1 Å². The lowest BCUT2D eigenvalue weighted by atomic mass is 10.1. The van der Waals surface area contributed by atoms with Crippen molar-refractivity contribution in [3.63, 3.8) is 0 Å². The molecule has 0 spiro atoms. The largest absolute Gasteiger partial charge is 0.493 e. The maximum absolute atomic E-state index is 12.4. The standard InChI is InChI=1S/C21H26N2O7/c1-26-15-7-6-13(8-16(15)27-2)11-22-19(24)12-23-21(25)14-9-17(28-3)20(30-5)18(10-14)29-4/h6-10H,11-12H2,1-5H3,(H,22,24)(H,23,25). The average Bonchev–Trinajstić information content (AvgIpc) is 2.79. The monoisotopic (exact) mass is 418 g/mol. The number of amides is 2. The zero-order valence-corrected chi connectivity index (χ0v) is 17.7. The van der Waals surface area contributed by atoms with E-state index in [2.05, 4.69) is 10.6 Å². The fraction of sp³-hybridized carbons (Fsp3) is 0.333. The van der Waals surface area contributed by atoms with Gasteiger partial charge in [0.1, 0.15) is 0 Å². The van der Waals surface area contributed by atoms with Gasteiger partial charge in [0.2, 0.25) is 11.7 Å². The van der Waals surface area contributed by atoms with Crippen molar-refractivity contribution >= 4 is 11.8 Å². The summed E-state index contributed by atoms with van der Waals surface area (Å²) in [5.41, 5.74) is 1.11. The Kier molecular flexibility index (Phi) is 8.16. The molecule has 0 aliphatic heterocycles. The predicted octanol–water partition coefficient (Wildman–Crippen LogP) is 1.78. The average molecular weight is 418 g/mol. The Bertz CT molecular complexity index is 874. The molecule has 2 rings (SSSR count). The Labute approximate surface area is 175 Å². The van der Waals surface area contributed by atoms with E-state index >= 15 is 0 Å². The van der Waals surface area contributed by atoms with Gasteiger partial charge >= 0.3 is 0 Å². The van der Waals surface area contributed by atoms with Gasteiger partial charge in [0, 0.05) is 12.1 Å². The second-order valence-corrected chi connectivity index (χ2v) is 6.06. The number of rotatable bonds is 10. The minimum atomic E-state index is -0.449. The Balaban J connectivity index is 1.95. The van der Waals surface area contributed by atoms with Crippen LogP contribution in [0.25, 0.3) is 0 Å². The van der Waals surface area contributed by atoms with Gasteiger partial charge in [-0.3, -0.25) is 9.59 Å². The summed E-state index contributed by atoms with van der Waals surface area (Å²) >= 11 is 0. The van der Waals surface area contributed by atoms with E-state index in [0.29, 0.717) is 28.7 Å². The van der Waals surface area contributed by atoms with Crippen molar-refractivity contribution in [3.05, 3.63) is 41.5 Å². The van der Waals surface area contributed by atoms with Crippen LogP contribution in [-0.4, -0.2) is 53.9 Å². The second kappa shape index (κ2) is 10.8. The highest BCUT2D eigenvalue weighted by Crippen LogP contribution is 2.38. The van der Waals surface area contributed by atoms with Crippen LogP contribution in [0.5, 0.6) is 28.7 Å². The molecule has 0 aliphatic carbocycles. The topological polar surface area (TPSA) is 104 Å². The fourth-order valence-electron chi connectivity index (χ4n) is 2.73. The van der Waals surface area contributed by atoms with E-state index in [9.17, 15) is 9.59 Å². The highest BCUT2D eigenvalue weighted by atomic mass is 16.5. The highest BCUT2D eigenvalue weighted by molar-refractivity contribution is 5.97. The van der Waals surface area contributed by atoms with E-state index in [-0.39, 0.29) is 24.6 Å². The number of nitrogens with one attached hydrogen (secondary N) is 2. The van der Waals surface area contributed by atoms with Gasteiger partial charge < -0.3 is 34.3 Å². The van der Waals surface area contributed by atoms with E-state index in [4.69, 9.17) is 23.7 Å². The molecule has 0 radical (unpaired) electrons. The Hall–Kier alpha value is -3.62. The van der Waals surface area contributed by atoms with E-state index < -0.39 is 5.91 Å². The molecule has 2 amide bonds. The number of methoxy groups -OCH3 is 5. The Morgan fingerprint density at radius 3 is 1.87 bits per heavy atom. The van der Waals surface area contributed by atoms with Crippen LogP contribution in [0.4, 0.5) is 0 Å². The summed E-state index contributed by atoms with van der Waals surface area (Å²) in [7, 11) is 7.49. The molecule has 0 aliphatic rings. The summed E-state index contributed by atoms with van der Waals surface area (Å²) in [6.45, 7) is 0.0853. The molecule has 0 fully saturated rings. The normalized spacial score (nSPS) is 10.0. The van der Waals surface area contributed by atoms with Crippen LogP contribution in [0.3, 0.4) is 0 Å². The van der Waals surface area contributed by atoms with Gasteiger partial charge in [0.25, 0.3) is 5.91 Å². The van der Waals surface area contributed by atoms with Gasteiger partial charge in [0.15, 0.2) is 23.0 Å². The zero-order chi connectivity index (χ0) is 22.1. The van der Waals surface area contributed by atoms with Crippen LogP contribution in [0, 0.1) is 0 Å². The number of ether oxygens (including phenoxy) is 5. The van der Waals surface area contributed by atoms with Crippen LogP contribution < -0.4 is 34.3 Å². The van der Waals surface area contributed by atoms with Crippen LogP contribution in [0.15, 0.2) is 30.3 Å². The third-order valence-electron chi connectivity index (χ3n) is 4.27. The molecule has 9 nitrogen and oxygen atoms in total. The highest BCUT2D eigenvalue weighted by Gasteiger charge is 2.17. The number of benzene rings is 2. The summed E-state index contributed by atoms with van der Waals surface area (Å²) in [6, 6.07) is 8.37. The predicted molar refractivity (Wildman–Crippen MR) is 110 cm³/mol. The summed E-state index contributed by atoms with van der Waals surface area (Å²) in [5, 5.41) is 5.31. The molecule has 0 unspecified atom stereocenters. The molecule has 0 heterocycles. The van der Waals surface area contributed by atoms with Crippen molar-refractivity contribution in [2.24, 2.45) is 0 Å². The second-order valence-electron chi connectivity index (χ2n) is 6.06. The molecule has 30 heavy (non-hydrogen) atoms. The first kappa shape index (κ1) is 22.7. The minimum absolute atomic E-state index is 0.192. The molecular formula is C21H26N2O7. The van der Waals surface area contributed by atoms with Crippen molar-refractivity contribution in [2.45, 2.75) is 6.54 Å². The van der Waals surface area contributed by atoms with Gasteiger partial charge in [-0.25, -0.2) is 0 Å². The molecule has 162 valence electrons. The third kappa shape index (κ3) is 5.47. The summed E-state index contributed by atoms with van der Waals surface area (Å²) < 4.78 is 26.1. The first-order valence-electron chi connectivity index (χ1n) is 9.03. The molecule has 0 saturated heterocycles. The number of hydrogen-bond acceptors (Lipinski definition) is 7. The van der Waals surface area contributed by atoms with E-state index in [1.54, 1.807) is 26.4 Å². The summed E-state index contributed by atoms with van der Waals surface area (Å²) in [4.78, 5) is 24.6. The Morgan fingerprint density at radius 1 is 0.733 bits per heavy atom. The lowest BCUT2D eigenvalue weighted by molar-refractivity contribution is -0.120. The molecular weight excluding hydrogens is 392 g/mol. The van der Waals surface area contributed by atoms with Crippen molar-refractivity contribution < 1.29 is 33.3 Å². The van der Waals surface area contributed by atoms with Gasteiger partial charge in [-0.15, -0.1) is 0 Å². The van der Waals surface area contributed by atoms with Crippen molar-refractivity contribution in [1.29, 1.82) is 0 Å². The van der Waals surface area contributed by atoms with E-state index in [1.165, 1.54) is 33.5 Å². The lowest BCUT2D eigenvalue weighted by Gasteiger charge is -2.14. The van der Waals surface area contributed by atoms with Crippen LogP contribution in [0.2, 0.25) is 0 Å². The quantitative estimate of drug-likeness (QED) is 0.606. The zero-order valence-electron chi connectivity index (χ0n) is 17.7. The molecule has 0 saturated carbocycles. The smallest absolute Gasteiger partial charge is 0.251 e. The van der Waals surface area contributed by atoms with Crippen molar-refractivity contribution in [2.75, 3.05) is 42.1 Å². The lowest BCUT2D eigenvalue weighted by Crippen LogP contribution is -2.36. The molecule has 0 aromatic heterocycles. The number of carbonyl (C=O) groups excluding carboxylic acids is 2. The summed E-state index contributed by atoms with van der Waals surface area (Å²) in [5.74, 6) is 1.45. The first-order valence-corrected chi connectivity index (χ1v) is 9.03. The van der Waals surface area contributed by atoms with E-state index in [0.717, 1.165) is 5.56 Å². The number of hydrogen-bond donors (Lipinski definition) is 2. The molecule has 0 atom stereocenters. The van der Waals surface area contributed by atoms with Gasteiger partial charge in [-0.2, -0.15) is 0 Å². The maximum Gasteiger partial charge on any atom is 0.251 e. The molecule has 2 aromatic carbocycles. The number of carbonyl (C=O) groups is 2. The molecule has 2 N–H and O–H groups in total. The van der Waals surface area contributed by atoms with Crippen LogP contribution >= 0.6 is 0 Å². The first-order chi connectivity index (χ1) is 14.5. The van der Waals surface area contributed by atoms with Gasteiger partial charge in [-0.1, -0.05) is 6.07 Å². The Morgan fingerprint density at radius 2 is 1.33 bits per heavy atom. The van der Waals surface area contributed by atoms with E-state index in [1.807, 2.05) is 6.07 Å². The molecule has 9 heteroatoms. The van der Waals surface area contributed by atoms with Crippen LogP contribution in [-0.2, 0) is 11.3 Å². The van der Waals surface area contributed by atoms with Crippen molar-refractivity contribution in [1.82, 2.24) is 10.6 Å². The SMILES string of the molecule is COc1ccc(CNC(=O)CNC(=O)c2cc(OC)c(OC)c(OC)c2)cc1OC. The fourth-order valence-corrected chi connectivity index (χ4v) is 2.73. The maximum atomic E-state index is 12.4. The van der Waals surface area contributed by atoms with Crippen molar-refractivity contribution in [3.8, 4) is 28.7 Å². The van der Waals surface area contributed by atoms with Gasteiger partial charge in [-0.05, 0) is 29.8 Å². The molecule has 2 aromatic rings.